The third kappa shape index (κ3) is 3.49. The van der Waals surface area contributed by atoms with Gasteiger partial charge in [0, 0.05) is 0 Å². The predicted octanol–water partition coefficient (Wildman–Crippen LogP) is -2.75. The topological polar surface area (TPSA) is 0 Å². The van der Waals surface area contributed by atoms with Crippen LogP contribution in [-0.2, 0) is 10.8 Å². The van der Waals surface area contributed by atoms with Crippen molar-refractivity contribution in [1.82, 2.24) is 0 Å². The molecule has 2 heteroatoms. The van der Waals surface area contributed by atoms with Crippen LogP contribution in [0.15, 0.2) is 12.1 Å². The molecule has 0 unspecified atom stereocenters. The Hall–Kier alpha value is 2.49. The van der Waals surface area contributed by atoms with E-state index in [1.54, 1.807) is 0 Å². The fourth-order valence-electron chi connectivity index (χ4n) is 2.77. The largest absolute Gasteiger partial charge is 1.00 e. The van der Waals surface area contributed by atoms with Gasteiger partial charge in [0.05, 0.1) is 0 Å². The third-order valence-electron chi connectivity index (χ3n) is 3.09. The Balaban J connectivity index is 0.000000980. The SMILES string of the molecule is CC1(C)CC(C)(C)c2c[c-]c[c-]c21.[K+].[K+]. The maximum Gasteiger partial charge on any atom is 1.00 e. The molecule has 0 bridgehead atoms. The van der Waals surface area contributed by atoms with Crippen LogP contribution >= 0.6 is 0 Å². The van der Waals surface area contributed by atoms with E-state index in [0.29, 0.717) is 5.41 Å². The molecule has 0 atom stereocenters. The number of hydrogen-bond donors (Lipinski definition) is 0. The van der Waals surface area contributed by atoms with Crippen molar-refractivity contribution in [3.05, 3.63) is 35.4 Å². The van der Waals surface area contributed by atoms with Gasteiger partial charge >= 0.3 is 103 Å². The zero-order valence-electron chi connectivity index (χ0n) is 10.9. The first-order valence-corrected chi connectivity index (χ1v) is 4.86. The Bertz CT molecular complexity index is 307. The molecule has 1 aromatic rings. The maximum atomic E-state index is 3.34. The van der Waals surface area contributed by atoms with E-state index in [-0.39, 0.29) is 108 Å². The van der Waals surface area contributed by atoms with Crippen LogP contribution in [0.5, 0.6) is 0 Å². The minimum Gasteiger partial charge on any atom is -0.359 e. The second-order valence-electron chi connectivity index (χ2n) is 5.33. The zero-order chi connectivity index (χ0) is 9.69. The summed E-state index contributed by atoms with van der Waals surface area (Å²) in [6, 6.07) is 10.5. The van der Waals surface area contributed by atoms with Crippen LogP contribution in [0.3, 0.4) is 0 Å². The predicted molar refractivity (Wildman–Crippen MR) is 54.8 cm³/mol. The van der Waals surface area contributed by atoms with E-state index in [2.05, 4.69) is 45.9 Å². The molecule has 0 saturated heterocycles. The molecule has 1 aliphatic rings. The van der Waals surface area contributed by atoms with Crippen LogP contribution in [-0.4, -0.2) is 0 Å². The molecule has 0 heterocycles. The second-order valence-corrected chi connectivity index (χ2v) is 5.33. The molecule has 15 heavy (non-hydrogen) atoms. The van der Waals surface area contributed by atoms with Gasteiger partial charge in [-0.2, -0.15) is 0 Å². The molecular formula is C13H16K2. The first kappa shape index (κ1) is 17.5. The van der Waals surface area contributed by atoms with E-state index in [9.17, 15) is 0 Å². The fourth-order valence-corrected chi connectivity index (χ4v) is 2.77. The van der Waals surface area contributed by atoms with Crippen LogP contribution in [0.2, 0.25) is 0 Å². The van der Waals surface area contributed by atoms with E-state index < -0.39 is 0 Å². The summed E-state index contributed by atoms with van der Waals surface area (Å²) < 4.78 is 0. The minimum absolute atomic E-state index is 0. The Labute approximate surface area is 179 Å². The summed E-state index contributed by atoms with van der Waals surface area (Å²) in [6.07, 6.45) is 1.21. The third-order valence-corrected chi connectivity index (χ3v) is 3.09. The molecule has 0 aliphatic heterocycles. The Morgan fingerprint density at radius 2 is 1.67 bits per heavy atom. The minimum atomic E-state index is 0. The van der Waals surface area contributed by atoms with E-state index in [1.807, 2.05) is 6.07 Å². The van der Waals surface area contributed by atoms with E-state index in [4.69, 9.17) is 0 Å². The second kappa shape index (κ2) is 6.09. The summed E-state index contributed by atoms with van der Waals surface area (Å²) in [4.78, 5) is 0. The van der Waals surface area contributed by atoms with E-state index in [0.717, 1.165) is 0 Å². The number of fused-ring (bicyclic) bond motifs is 1. The van der Waals surface area contributed by atoms with Gasteiger partial charge in [0.2, 0.25) is 0 Å². The van der Waals surface area contributed by atoms with Crippen molar-refractivity contribution in [2.75, 3.05) is 0 Å². The Kier molecular flexibility index (Phi) is 7.10. The molecule has 2 rings (SSSR count). The van der Waals surface area contributed by atoms with Crippen LogP contribution < -0.4 is 103 Å². The first-order valence-electron chi connectivity index (χ1n) is 4.86. The average Bonchev–Trinajstić information content (AvgIpc) is 2.20. The van der Waals surface area contributed by atoms with Gasteiger partial charge in [-0.05, 0) is 0 Å². The van der Waals surface area contributed by atoms with Gasteiger partial charge < -0.3 is 18.2 Å². The van der Waals surface area contributed by atoms with Gasteiger partial charge in [0.25, 0.3) is 0 Å². The first-order chi connectivity index (χ1) is 5.93. The molecule has 1 aromatic carbocycles. The molecule has 0 N–H and O–H groups in total. The van der Waals surface area contributed by atoms with Crippen LogP contribution in [0.1, 0.15) is 45.2 Å². The number of benzene rings is 1. The van der Waals surface area contributed by atoms with Crippen molar-refractivity contribution in [3.8, 4) is 0 Å². The molecule has 0 amide bonds. The average molecular weight is 250 g/mol. The van der Waals surface area contributed by atoms with Gasteiger partial charge in [-0.1, -0.05) is 44.9 Å². The molecule has 0 aromatic heterocycles. The van der Waals surface area contributed by atoms with Crippen LogP contribution in [0, 0.1) is 12.1 Å². The van der Waals surface area contributed by atoms with Crippen molar-refractivity contribution in [3.63, 3.8) is 0 Å². The standard InChI is InChI=1S/C13H16.2K/c1-12(2)9-13(3,4)11-8-6-5-7-10(11)12;;/h5,8H,9H2,1-4H3;;/q-2;2*+1. The normalized spacial score (nSPS) is 19.7. The van der Waals surface area contributed by atoms with Gasteiger partial charge in [0.15, 0.2) is 0 Å². The van der Waals surface area contributed by atoms with Gasteiger partial charge in [0.1, 0.15) is 0 Å². The number of hydrogen-bond acceptors (Lipinski definition) is 0. The maximum absolute atomic E-state index is 3.34. The van der Waals surface area contributed by atoms with E-state index >= 15 is 0 Å². The smallest absolute Gasteiger partial charge is 0.359 e. The zero-order valence-corrected chi connectivity index (χ0v) is 17.1. The summed E-state index contributed by atoms with van der Waals surface area (Å²) in [5.74, 6) is 0. The molecule has 70 valence electrons. The molecule has 0 nitrogen and oxygen atoms in total. The fraction of sp³-hybridized carbons (Fsp3) is 0.538. The molecular weight excluding hydrogens is 234 g/mol. The van der Waals surface area contributed by atoms with Crippen LogP contribution in [0.25, 0.3) is 0 Å². The van der Waals surface area contributed by atoms with Crippen molar-refractivity contribution in [1.29, 1.82) is 0 Å². The van der Waals surface area contributed by atoms with Gasteiger partial charge in [-0.3, -0.25) is 17.2 Å². The monoisotopic (exact) mass is 250 g/mol. The van der Waals surface area contributed by atoms with Crippen molar-refractivity contribution < 1.29 is 103 Å². The van der Waals surface area contributed by atoms with E-state index in [1.165, 1.54) is 17.5 Å². The molecule has 0 spiro atoms. The molecule has 0 fully saturated rings. The van der Waals surface area contributed by atoms with Crippen molar-refractivity contribution >= 4 is 0 Å². The summed E-state index contributed by atoms with van der Waals surface area (Å²) in [5, 5.41) is 0. The molecule has 1 aliphatic carbocycles. The summed E-state index contributed by atoms with van der Waals surface area (Å²) in [6.45, 7) is 9.22. The summed E-state index contributed by atoms with van der Waals surface area (Å²) in [7, 11) is 0. The van der Waals surface area contributed by atoms with Crippen molar-refractivity contribution in [2.24, 2.45) is 0 Å². The Morgan fingerprint density at radius 3 is 2.20 bits per heavy atom. The molecule has 0 saturated carbocycles. The Morgan fingerprint density at radius 1 is 1.07 bits per heavy atom. The van der Waals surface area contributed by atoms with Crippen LogP contribution in [0.4, 0.5) is 0 Å². The molecule has 0 radical (unpaired) electrons. The number of rotatable bonds is 0. The summed E-state index contributed by atoms with van der Waals surface area (Å²) >= 11 is 0. The van der Waals surface area contributed by atoms with Crippen molar-refractivity contribution in [2.45, 2.75) is 44.9 Å². The van der Waals surface area contributed by atoms with Gasteiger partial charge in [-0.25, -0.2) is 0 Å². The summed E-state index contributed by atoms with van der Waals surface area (Å²) in [5.41, 5.74) is 3.40. The van der Waals surface area contributed by atoms with Gasteiger partial charge in [-0.15, -0.1) is 0 Å². The quantitative estimate of drug-likeness (QED) is 0.346.